The number of benzene rings is 1. The predicted octanol–water partition coefficient (Wildman–Crippen LogP) is 2.14. The molecular formula is C16H25N3O2. The second kappa shape index (κ2) is 6.45. The summed E-state index contributed by atoms with van der Waals surface area (Å²) in [5, 5.41) is 15.3. The Morgan fingerprint density at radius 1 is 1.52 bits per heavy atom. The average molecular weight is 291 g/mol. The lowest BCUT2D eigenvalue weighted by atomic mass is 9.93. The van der Waals surface area contributed by atoms with E-state index >= 15 is 0 Å². The van der Waals surface area contributed by atoms with Crippen molar-refractivity contribution in [2.75, 3.05) is 6.61 Å². The summed E-state index contributed by atoms with van der Waals surface area (Å²) in [6.07, 6.45) is 2.07. The lowest BCUT2D eigenvalue weighted by Gasteiger charge is -2.36. The minimum atomic E-state index is -0.0408. The Morgan fingerprint density at radius 2 is 2.29 bits per heavy atom. The Bertz CT molecular complexity index is 526. The number of hydrogen-bond acceptors (Lipinski definition) is 4. The lowest BCUT2D eigenvalue weighted by molar-refractivity contribution is -0.0630. The monoisotopic (exact) mass is 291 g/mol. The van der Waals surface area contributed by atoms with Crippen LogP contribution >= 0.6 is 0 Å². The normalized spacial score (nSPS) is 22.2. The number of ether oxygens (including phenoxy) is 1. The van der Waals surface area contributed by atoms with Gasteiger partial charge in [0.05, 0.1) is 5.60 Å². The molecule has 1 aromatic rings. The molecule has 1 aliphatic rings. The maximum absolute atomic E-state index is 8.71. The molecule has 1 atom stereocenters. The molecule has 5 nitrogen and oxygen atoms in total. The van der Waals surface area contributed by atoms with E-state index in [-0.39, 0.29) is 11.4 Å². The summed E-state index contributed by atoms with van der Waals surface area (Å²) in [4.78, 5) is 0. The summed E-state index contributed by atoms with van der Waals surface area (Å²) in [6, 6.07) is 6.34. The lowest BCUT2D eigenvalue weighted by Crippen LogP contribution is -2.43. The second-order valence-electron chi connectivity index (χ2n) is 6.31. The van der Waals surface area contributed by atoms with Crippen molar-refractivity contribution >= 4 is 5.84 Å². The summed E-state index contributed by atoms with van der Waals surface area (Å²) in [7, 11) is 0. The smallest absolute Gasteiger partial charge is 0.170 e. The Balaban J connectivity index is 1.97. The molecule has 21 heavy (non-hydrogen) atoms. The molecule has 0 aromatic heterocycles. The van der Waals surface area contributed by atoms with Crippen molar-refractivity contribution in [1.29, 1.82) is 0 Å². The number of nitrogens with two attached hydrogens (primary N) is 1. The topological polar surface area (TPSA) is 79.9 Å². The maximum atomic E-state index is 8.71. The van der Waals surface area contributed by atoms with Gasteiger partial charge in [-0.15, -0.1) is 0 Å². The van der Waals surface area contributed by atoms with Gasteiger partial charge >= 0.3 is 0 Å². The summed E-state index contributed by atoms with van der Waals surface area (Å²) in [5.74, 6) is 0.142. The molecule has 1 saturated heterocycles. The van der Waals surface area contributed by atoms with E-state index in [2.05, 4.69) is 24.3 Å². The summed E-state index contributed by atoms with van der Waals surface area (Å²) < 4.78 is 5.73. The van der Waals surface area contributed by atoms with Gasteiger partial charge in [0, 0.05) is 24.8 Å². The highest BCUT2D eigenvalue weighted by Gasteiger charge is 2.28. The van der Waals surface area contributed by atoms with Gasteiger partial charge in [-0.25, -0.2) is 0 Å². The first-order valence-electron chi connectivity index (χ1n) is 7.36. The number of hydrogen-bond donors (Lipinski definition) is 3. The molecule has 2 rings (SSSR count). The van der Waals surface area contributed by atoms with Gasteiger partial charge < -0.3 is 21.0 Å². The first kappa shape index (κ1) is 15.8. The van der Waals surface area contributed by atoms with Gasteiger partial charge in [0.25, 0.3) is 0 Å². The first-order valence-corrected chi connectivity index (χ1v) is 7.36. The van der Waals surface area contributed by atoms with Gasteiger partial charge in [-0.3, -0.25) is 0 Å². The Kier molecular flexibility index (Phi) is 4.85. The van der Waals surface area contributed by atoms with Gasteiger partial charge in [-0.2, -0.15) is 0 Å². The SMILES string of the molecule is Cc1cc(/C(N)=N/O)ccc1CNC1CCOC(C)(C)C1. The fourth-order valence-electron chi connectivity index (χ4n) is 2.77. The maximum Gasteiger partial charge on any atom is 0.170 e. The number of nitrogens with zero attached hydrogens (tertiary/aromatic N) is 1. The zero-order chi connectivity index (χ0) is 15.5. The fraction of sp³-hybridized carbons (Fsp3) is 0.562. The zero-order valence-electron chi connectivity index (χ0n) is 13.0. The zero-order valence-corrected chi connectivity index (χ0v) is 13.0. The molecule has 0 aliphatic carbocycles. The van der Waals surface area contributed by atoms with Crippen LogP contribution < -0.4 is 11.1 Å². The second-order valence-corrected chi connectivity index (χ2v) is 6.31. The van der Waals surface area contributed by atoms with Crippen molar-refractivity contribution in [2.45, 2.75) is 51.8 Å². The van der Waals surface area contributed by atoms with Crippen LogP contribution in [0.5, 0.6) is 0 Å². The number of rotatable bonds is 4. The van der Waals surface area contributed by atoms with E-state index < -0.39 is 0 Å². The molecule has 0 bridgehead atoms. The van der Waals surface area contributed by atoms with Crippen molar-refractivity contribution in [3.8, 4) is 0 Å². The molecule has 1 heterocycles. The van der Waals surface area contributed by atoms with Crippen molar-refractivity contribution < 1.29 is 9.94 Å². The summed E-state index contributed by atoms with van der Waals surface area (Å²) in [5.41, 5.74) is 8.67. The van der Waals surface area contributed by atoms with E-state index in [1.54, 1.807) is 0 Å². The minimum absolute atomic E-state index is 0.0408. The third kappa shape index (κ3) is 4.19. The van der Waals surface area contributed by atoms with Gasteiger partial charge in [-0.1, -0.05) is 17.3 Å². The Hall–Kier alpha value is -1.59. The Labute approximate surface area is 126 Å². The predicted molar refractivity (Wildman–Crippen MR) is 83.6 cm³/mol. The van der Waals surface area contributed by atoms with Gasteiger partial charge in [0.15, 0.2) is 5.84 Å². The third-order valence-electron chi connectivity index (χ3n) is 4.02. The standard InChI is InChI=1S/C16H25N3O2/c1-11-8-12(15(17)19-20)4-5-13(11)10-18-14-6-7-21-16(2,3)9-14/h4-5,8,14,18,20H,6-7,9-10H2,1-3H3,(H2,17,19). The molecule has 4 N–H and O–H groups in total. The number of nitrogens with one attached hydrogen (secondary N) is 1. The van der Waals surface area contributed by atoms with Crippen LogP contribution in [-0.2, 0) is 11.3 Å². The van der Waals surface area contributed by atoms with E-state index in [0.717, 1.165) is 37.1 Å². The van der Waals surface area contributed by atoms with Crippen LogP contribution in [0.1, 0.15) is 43.4 Å². The van der Waals surface area contributed by atoms with E-state index in [1.165, 1.54) is 5.56 Å². The number of aryl methyl sites for hydroxylation is 1. The van der Waals surface area contributed by atoms with Crippen LogP contribution in [0.3, 0.4) is 0 Å². The largest absolute Gasteiger partial charge is 0.409 e. The van der Waals surface area contributed by atoms with Crippen molar-refractivity contribution in [1.82, 2.24) is 5.32 Å². The van der Waals surface area contributed by atoms with Crippen molar-refractivity contribution in [2.24, 2.45) is 10.9 Å². The van der Waals surface area contributed by atoms with Crippen LogP contribution in [0, 0.1) is 6.92 Å². The quantitative estimate of drug-likeness (QED) is 0.344. The third-order valence-corrected chi connectivity index (χ3v) is 4.02. The van der Waals surface area contributed by atoms with Crippen molar-refractivity contribution in [3.63, 3.8) is 0 Å². The Morgan fingerprint density at radius 3 is 2.90 bits per heavy atom. The number of amidine groups is 1. The molecule has 1 aromatic carbocycles. The van der Waals surface area contributed by atoms with Crippen LogP contribution in [0.2, 0.25) is 0 Å². The van der Waals surface area contributed by atoms with Crippen LogP contribution in [0.25, 0.3) is 0 Å². The van der Waals surface area contributed by atoms with E-state index in [1.807, 2.05) is 25.1 Å². The molecule has 0 spiro atoms. The van der Waals surface area contributed by atoms with E-state index in [0.29, 0.717) is 6.04 Å². The van der Waals surface area contributed by atoms with Crippen molar-refractivity contribution in [3.05, 3.63) is 34.9 Å². The highest BCUT2D eigenvalue weighted by atomic mass is 16.5. The molecule has 1 fully saturated rings. The van der Waals surface area contributed by atoms with E-state index in [4.69, 9.17) is 15.7 Å². The molecule has 1 unspecified atom stereocenters. The van der Waals surface area contributed by atoms with Gasteiger partial charge in [-0.05, 0) is 50.8 Å². The highest BCUT2D eigenvalue weighted by Crippen LogP contribution is 2.24. The molecule has 0 saturated carbocycles. The van der Waals surface area contributed by atoms with Crippen LogP contribution in [0.15, 0.2) is 23.4 Å². The molecular weight excluding hydrogens is 266 g/mol. The van der Waals surface area contributed by atoms with E-state index in [9.17, 15) is 0 Å². The average Bonchev–Trinajstić information content (AvgIpc) is 2.44. The van der Waals surface area contributed by atoms with Crippen LogP contribution in [0.4, 0.5) is 0 Å². The number of oxime groups is 1. The molecule has 5 heteroatoms. The fourth-order valence-corrected chi connectivity index (χ4v) is 2.77. The highest BCUT2D eigenvalue weighted by molar-refractivity contribution is 5.97. The van der Waals surface area contributed by atoms with Gasteiger partial charge in [0.2, 0.25) is 0 Å². The molecule has 0 radical (unpaired) electrons. The van der Waals surface area contributed by atoms with Gasteiger partial charge in [0.1, 0.15) is 0 Å². The summed E-state index contributed by atoms with van der Waals surface area (Å²) in [6.45, 7) is 7.95. The molecule has 116 valence electrons. The van der Waals surface area contributed by atoms with Crippen LogP contribution in [-0.4, -0.2) is 29.3 Å². The summed E-state index contributed by atoms with van der Waals surface area (Å²) >= 11 is 0. The molecule has 0 amide bonds. The molecule has 1 aliphatic heterocycles. The minimum Gasteiger partial charge on any atom is -0.409 e. The first-order chi connectivity index (χ1) is 9.91.